The predicted molar refractivity (Wildman–Crippen MR) is 462 cm³/mol. The molecule has 134 heavy (non-hydrogen) atoms. The smallest absolute Gasteiger partial charge is 0.329 e. The van der Waals surface area contributed by atoms with Crippen molar-refractivity contribution in [2.24, 2.45) is 29.6 Å². The van der Waals surface area contributed by atoms with Gasteiger partial charge in [0.2, 0.25) is 59.0 Å². The number of aliphatic hydroxyl groups is 3. The van der Waals surface area contributed by atoms with Crippen LogP contribution in [-0.2, 0) is 129 Å². The van der Waals surface area contributed by atoms with Gasteiger partial charge >= 0.3 is 47.8 Å². The molecule has 19 N–H and O–H groups in total. The molecule has 4 rings (SSSR count). The van der Waals surface area contributed by atoms with Crippen molar-refractivity contribution in [3.05, 3.63) is 35.5 Å². The SMILES string of the molecule is CO[C@H]1C[C@@H](C)C/C(C)=C/[C@@H](C/C=C\C(=O)NCCOCCOCCNC(=O)CCC(=O)NC(CCC(=O)O)C(=O)NC(CCC(=O)O)C(=O)NC(CCC(=O)O)C(=O)NC(CCC(=O)O)C(=O)NC(CCC(=O)O)C(=O)NC(CCC(=O)O)C(=O)NCC(=O)O)C(=O)C[C@H](O)[C@@H](C)[C@@H](/C(C)=C/[C@@H]2CC[C@@H](O)[C@H](OC)C2)OC(=O)[C@@H]2CCCCN2C(=O)C(=O)[C@]2(O)O[C@H]1[C@@H](OC)C[C@H]2C. The molecular formula is C87H132N10O37. The van der Waals surface area contributed by atoms with Crippen LogP contribution < -0.4 is 47.9 Å². The number of hydrogen-bond donors (Lipinski definition) is 19. The Morgan fingerprint density at radius 3 is 1.43 bits per heavy atom. The largest absolute Gasteiger partial charge is 0.481 e. The first-order chi connectivity index (χ1) is 63.2. The van der Waals surface area contributed by atoms with E-state index in [0.717, 1.165) is 10.5 Å². The number of cyclic esters (lactones) is 1. The first-order valence-corrected chi connectivity index (χ1v) is 44.5. The minimum Gasteiger partial charge on any atom is -0.481 e. The first-order valence-electron chi connectivity index (χ1n) is 44.5. The lowest BCUT2D eigenvalue weighted by molar-refractivity contribution is -0.302. The van der Waals surface area contributed by atoms with Crippen molar-refractivity contribution in [1.29, 1.82) is 0 Å². The topological polar surface area (TPSA) is 720 Å². The Hall–Kier alpha value is -11.3. The zero-order valence-corrected chi connectivity index (χ0v) is 76.6. The summed E-state index contributed by atoms with van der Waals surface area (Å²) >= 11 is 0. The number of amides is 10. The van der Waals surface area contributed by atoms with E-state index in [1.807, 2.05) is 25.2 Å². The van der Waals surface area contributed by atoms with Crippen LogP contribution in [0.5, 0.6) is 0 Å². The molecule has 3 heterocycles. The lowest BCUT2D eigenvalue weighted by Crippen LogP contribution is -2.64. The Bertz CT molecular complexity index is 4160. The molecule has 4 aliphatic rings. The summed E-state index contributed by atoms with van der Waals surface area (Å²) in [6.07, 6.45) is -8.17. The number of carboxylic acids is 7. The van der Waals surface area contributed by atoms with E-state index >= 15 is 0 Å². The van der Waals surface area contributed by atoms with E-state index in [2.05, 4.69) is 42.5 Å². The van der Waals surface area contributed by atoms with E-state index in [0.29, 0.717) is 44.1 Å². The van der Waals surface area contributed by atoms with Crippen molar-refractivity contribution in [2.45, 2.75) is 286 Å². The second kappa shape index (κ2) is 58.7. The highest BCUT2D eigenvalue weighted by molar-refractivity contribution is 6.39. The summed E-state index contributed by atoms with van der Waals surface area (Å²) in [5.41, 5.74) is 1.27. The monoisotopic (exact) mass is 1910 g/mol. The number of ether oxygens (including phenoxy) is 7. The van der Waals surface area contributed by atoms with E-state index in [4.69, 9.17) is 38.3 Å². The van der Waals surface area contributed by atoms with Crippen LogP contribution in [0.15, 0.2) is 35.5 Å². The number of ketones is 2. The van der Waals surface area contributed by atoms with Crippen molar-refractivity contribution in [3.63, 3.8) is 0 Å². The first kappa shape index (κ1) is 115. The number of Topliss-reactive ketones (excluding diaryl/α,β-unsaturated/α-hetero) is 2. The molecule has 0 aromatic rings. The molecule has 47 heteroatoms. The van der Waals surface area contributed by atoms with Crippen LogP contribution in [0.2, 0.25) is 0 Å². The fourth-order valence-corrected chi connectivity index (χ4v) is 15.9. The third kappa shape index (κ3) is 40.5. The van der Waals surface area contributed by atoms with Gasteiger partial charge in [-0.05, 0) is 140 Å². The number of allylic oxidation sites excluding steroid dienone is 4. The number of esters is 1. The third-order valence-electron chi connectivity index (χ3n) is 23.3. The number of fused-ring (bicyclic) bond motifs is 3. The van der Waals surface area contributed by atoms with E-state index in [1.165, 1.54) is 33.5 Å². The number of carboxylic acid groups (broad SMARTS) is 7. The molecule has 0 spiro atoms. The van der Waals surface area contributed by atoms with Crippen LogP contribution in [0.25, 0.3) is 0 Å². The molecule has 0 aromatic carbocycles. The van der Waals surface area contributed by atoms with Crippen molar-refractivity contribution in [3.8, 4) is 0 Å². The van der Waals surface area contributed by atoms with E-state index in [9.17, 15) is 142 Å². The van der Waals surface area contributed by atoms with Gasteiger partial charge in [-0.2, -0.15) is 0 Å². The number of carbonyl (C=O) groups excluding carboxylic acids is 13. The maximum atomic E-state index is 14.7. The number of nitrogens with zero attached hydrogens (tertiary/aromatic N) is 1. The molecule has 47 nitrogen and oxygen atoms in total. The number of carbonyl (C=O) groups is 20. The number of hydrogen-bond acceptors (Lipinski definition) is 30. The van der Waals surface area contributed by atoms with Gasteiger partial charge in [-0.1, -0.05) is 44.6 Å². The average Bonchev–Trinajstić information content (AvgIpc) is 0.773. The highest BCUT2D eigenvalue weighted by Crippen LogP contribution is 2.40. The maximum Gasteiger partial charge on any atom is 0.329 e. The Kier molecular flexibility index (Phi) is 50.4. The van der Waals surface area contributed by atoms with Crippen LogP contribution >= 0.6 is 0 Å². The molecule has 6 unspecified atom stereocenters. The Balaban J connectivity index is 1.38. The molecule has 2 saturated heterocycles. The molecule has 3 aliphatic heterocycles. The normalized spacial score (nSPS) is 25.1. The standard InChI is InChI=1S/C87H132N10O37/c1-46-38-47(2)40-64(129-7)77-65(130-8)42-49(4)87(127,134-77)78(118)85(125)97-33-10-9-13-59(97)86(126)133-76(48(3)41-51-15-22-60(98)63(43-51)128-6)50(5)61(99)44-62(100)52(39-46)12-11-14-66(101)88-31-34-131-36-37-132-35-32-89-67(102)23-24-68(103)91-54(17-26-70(106)107)80(120)93-56(19-28-72(110)111)82(122)95-58(21-30-74(114)115)84(124)96-57(20-29-73(112)113)83(123)94-55(18-27-71(108)109)81(121)92-53(16-25-69(104)105)79(119)90-45-75(116)117/h11,14,39,41,47,49-61,63-65,76-77,98-99,127H,9-10,12-13,15-38,40,42-45H2,1-8H3,(H,88,101)(H,89,102)(H,90,119)(H,91,103)(H,92,121)(H,93,120)(H,94,123)(H,95,122)(H,96,124)(H,104,105)(H,106,107)(H,108,109)(H,110,111)(H,112,113)(H,114,115)(H,116,117)/b14-11-,46-39+,48-41+/t47-,49+,50+,51-,52+,53?,54?,55?,56?,57?,58?,59-,60+,61-,63+,64-,65-,76+,77+,87+/m0/s1. The molecule has 1 aliphatic carbocycles. The summed E-state index contributed by atoms with van der Waals surface area (Å²) in [4.78, 5) is 262. The zero-order chi connectivity index (χ0) is 100. The fourth-order valence-electron chi connectivity index (χ4n) is 15.9. The summed E-state index contributed by atoms with van der Waals surface area (Å²) in [5.74, 6) is -30.7. The third-order valence-corrected chi connectivity index (χ3v) is 23.3. The summed E-state index contributed by atoms with van der Waals surface area (Å²) in [6, 6.07) is -13.0. The zero-order valence-electron chi connectivity index (χ0n) is 76.6. The minimum atomic E-state index is -2.65. The van der Waals surface area contributed by atoms with Gasteiger partial charge in [-0.15, -0.1) is 0 Å². The van der Waals surface area contributed by atoms with Crippen molar-refractivity contribution >= 4 is 118 Å². The van der Waals surface area contributed by atoms with Gasteiger partial charge in [0, 0.05) is 117 Å². The molecule has 2 bridgehead atoms. The summed E-state index contributed by atoms with van der Waals surface area (Å²) in [5, 5.41) is 121. The van der Waals surface area contributed by atoms with Gasteiger partial charge in [0.25, 0.3) is 11.7 Å². The summed E-state index contributed by atoms with van der Waals surface area (Å²) in [6.45, 7) is 7.54. The van der Waals surface area contributed by atoms with Gasteiger partial charge in [-0.25, -0.2) is 4.79 Å². The van der Waals surface area contributed by atoms with Gasteiger partial charge < -0.3 is 137 Å². The van der Waals surface area contributed by atoms with Gasteiger partial charge in [0.15, 0.2) is 0 Å². The number of rotatable bonds is 52. The molecule has 0 radical (unpaired) electrons. The molecule has 0 aromatic heterocycles. The highest BCUT2D eigenvalue weighted by atomic mass is 16.7. The number of nitrogens with one attached hydrogen (secondary N) is 9. The lowest BCUT2D eigenvalue weighted by Gasteiger charge is -2.47. The number of piperidine rings is 1. The van der Waals surface area contributed by atoms with Gasteiger partial charge in [0.1, 0.15) is 66.8 Å². The van der Waals surface area contributed by atoms with Crippen LogP contribution in [-0.4, -0.2) is 339 Å². The molecular weight excluding hydrogens is 1780 g/mol. The quantitative estimate of drug-likeness (QED) is 0.0107. The highest BCUT2D eigenvalue weighted by Gasteiger charge is 2.57. The molecule has 1 saturated carbocycles. The van der Waals surface area contributed by atoms with Crippen molar-refractivity contribution in [1.82, 2.24) is 52.8 Å². The van der Waals surface area contributed by atoms with Crippen LogP contribution in [0.1, 0.15) is 195 Å². The van der Waals surface area contributed by atoms with Crippen LogP contribution in [0.3, 0.4) is 0 Å². The van der Waals surface area contributed by atoms with Crippen LogP contribution in [0.4, 0.5) is 0 Å². The second-order valence-corrected chi connectivity index (χ2v) is 33.9. The molecule has 752 valence electrons. The average molecular weight is 1910 g/mol. The number of aliphatic carboxylic acids is 7. The fraction of sp³-hybridized carbons (Fsp3) is 0.701. The molecule has 3 fully saturated rings. The lowest BCUT2D eigenvalue weighted by atomic mass is 9.81. The van der Waals surface area contributed by atoms with E-state index in [-0.39, 0.29) is 83.6 Å². The van der Waals surface area contributed by atoms with Crippen molar-refractivity contribution in [2.75, 3.05) is 73.9 Å². The van der Waals surface area contributed by atoms with Crippen molar-refractivity contribution < 1.29 is 180 Å². The summed E-state index contributed by atoms with van der Waals surface area (Å²) in [7, 11) is 4.39. The van der Waals surface area contributed by atoms with Gasteiger partial charge in [0.05, 0.1) is 56.9 Å². The Morgan fingerprint density at radius 1 is 0.515 bits per heavy atom. The maximum absolute atomic E-state index is 14.7. The summed E-state index contributed by atoms with van der Waals surface area (Å²) < 4.78 is 41.1. The van der Waals surface area contributed by atoms with Gasteiger partial charge in [-0.3, -0.25) is 91.1 Å². The minimum absolute atomic E-state index is 0.000602. The van der Waals surface area contributed by atoms with E-state index < -0.39 is 330 Å². The van der Waals surface area contributed by atoms with Crippen LogP contribution in [0, 0.1) is 29.6 Å². The Labute approximate surface area is 773 Å². The predicted octanol–water partition coefficient (Wildman–Crippen LogP) is -1.65. The second-order valence-electron chi connectivity index (χ2n) is 33.9. The number of methoxy groups -OCH3 is 3. The van der Waals surface area contributed by atoms with E-state index in [1.54, 1.807) is 26.8 Å². The molecule has 10 amide bonds. The Morgan fingerprint density at radius 2 is 0.963 bits per heavy atom. The molecule has 20 atom stereocenters. The number of aliphatic hydroxyl groups excluding tert-OH is 2.